The maximum Gasteiger partial charge on any atom is 0.0775 e. The first-order valence-electron chi connectivity index (χ1n) is 6.71. The van der Waals surface area contributed by atoms with Gasteiger partial charge in [-0.05, 0) is 37.4 Å². The van der Waals surface area contributed by atoms with Crippen molar-refractivity contribution in [3.05, 3.63) is 70.2 Å². The molecule has 0 aliphatic carbocycles. The van der Waals surface area contributed by atoms with E-state index in [0.717, 1.165) is 15.6 Å². The number of likely N-dealkylation sites (N-methyl/N-ethyl adjacent to an activating group) is 1. The first-order chi connectivity index (χ1) is 9.58. The largest absolute Gasteiger partial charge is 0.391 e. The third-order valence-electron chi connectivity index (χ3n) is 3.30. The van der Waals surface area contributed by atoms with Crippen LogP contribution in [-0.2, 0) is 0 Å². The average molecular weight is 334 g/mol. The predicted molar refractivity (Wildman–Crippen MR) is 87.0 cm³/mol. The molecule has 2 nitrogen and oxygen atoms in total. The summed E-state index contributed by atoms with van der Waals surface area (Å²) in [6.07, 6.45) is -0.443. The third kappa shape index (κ3) is 3.92. The van der Waals surface area contributed by atoms with E-state index >= 15 is 0 Å². The van der Waals surface area contributed by atoms with E-state index in [9.17, 15) is 5.11 Å². The van der Waals surface area contributed by atoms with E-state index in [1.54, 1.807) is 0 Å². The minimum atomic E-state index is -0.443. The molecule has 106 valence electrons. The van der Waals surface area contributed by atoms with Gasteiger partial charge in [-0.25, -0.2) is 0 Å². The number of rotatable bonds is 5. The van der Waals surface area contributed by atoms with Crippen molar-refractivity contribution in [3.63, 3.8) is 0 Å². The molecule has 0 saturated heterocycles. The molecule has 0 radical (unpaired) electrons. The van der Waals surface area contributed by atoms with E-state index in [4.69, 9.17) is 0 Å². The Kier molecular flexibility index (Phi) is 5.35. The van der Waals surface area contributed by atoms with Crippen molar-refractivity contribution in [2.75, 3.05) is 20.6 Å². The summed E-state index contributed by atoms with van der Waals surface area (Å²) in [4.78, 5) is 2.01. The minimum absolute atomic E-state index is 0.0175. The Morgan fingerprint density at radius 2 is 1.65 bits per heavy atom. The summed E-state index contributed by atoms with van der Waals surface area (Å²) in [7, 11) is 3.96. The van der Waals surface area contributed by atoms with Crippen LogP contribution in [0.4, 0.5) is 0 Å². The Morgan fingerprint density at radius 3 is 2.25 bits per heavy atom. The molecule has 0 aliphatic heterocycles. The van der Waals surface area contributed by atoms with Crippen molar-refractivity contribution in [2.24, 2.45) is 0 Å². The van der Waals surface area contributed by atoms with Gasteiger partial charge in [0.15, 0.2) is 0 Å². The molecule has 2 aromatic rings. The number of hydrogen-bond acceptors (Lipinski definition) is 2. The normalized spacial score (nSPS) is 14.2. The molecule has 3 heteroatoms. The molecule has 0 bridgehead atoms. The van der Waals surface area contributed by atoms with Crippen LogP contribution in [0.5, 0.6) is 0 Å². The van der Waals surface area contributed by atoms with Crippen molar-refractivity contribution in [2.45, 2.75) is 12.0 Å². The van der Waals surface area contributed by atoms with E-state index < -0.39 is 6.10 Å². The molecule has 0 amide bonds. The number of aliphatic hydroxyl groups is 1. The predicted octanol–water partition coefficient (Wildman–Crippen LogP) is 3.50. The average Bonchev–Trinajstić information content (AvgIpc) is 2.39. The number of benzene rings is 2. The summed E-state index contributed by atoms with van der Waals surface area (Å²) in [5.74, 6) is -0.0175. The van der Waals surface area contributed by atoms with Gasteiger partial charge in [0.1, 0.15) is 0 Å². The van der Waals surface area contributed by atoms with Crippen LogP contribution >= 0.6 is 15.9 Å². The van der Waals surface area contributed by atoms with Crippen molar-refractivity contribution < 1.29 is 5.11 Å². The molecule has 20 heavy (non-hydrogen) atoms. The summed E-state index contributed by atoms with van der Waals surface area (Å²) < 4.78 is 1.04. The zero-order valence-electron chi connectivity index (χ0n) is 11.8. The lowest BCUT2D eigenvalue weighted by Crippen LogP contribution is -2.31. The lowest BCUT2D eigenvalue weighted by molar-refractivity contribution is 0.121. The molecule has 2 aromatic carbocycles. The molecule has 1 N–H and O–H groups in total. The van der Waals surface area contributed by atoms with Crippen molar-refractivity contribution in [3.8, 4) is 0 Å². The molecule has 2 atom stereocenters. The molecule has 2 rings (SSSR count). The first-order valence-corrected chi connectivity index (χ1v) is 7.50. The molecule has 0 heterocycles. The fourth-order valence-corrected chi connectivity index (χ4v) is 2.89. The van der Waals surface area contributed by atoms with E-state index in [1.807, 2.05) is 49.3 Å². The van der Waals surface area contributed by atoms with Crippen LogP contribution in [-0.4, -0.2) is 36.8 Å². The second-order valence-electron chi connectivity index (χ2n) is 5.27. The molecular weight excluding hydrogens is 314 g/mol. The zero-order chi connectivity index (χ0) is 14.5. The lowest BCUT2D eigenvalue weighted by Gasteiger charge is -2.26. The molecule has 0 spiro atoms. The van der Waals surface area contributed by atoms with E-state index in [0.29, 0.717) is 6.54 Å². The number of halogens is 1. The summed E-state index contributed by atoms with van der Waals surface area (Å²) in [5.41, 5.74) is 2.26. The topological polar surface area (TPSA) is 23.5 Å². The van der Waals surface area contributed by atoms with Gasteiger partial charge in [-0.1, -0.05) is 58.4 Å². The fraction of sp³-hybridized carbons (Fsp3) is 0.294. The lowest BCUT2D eigenvalue weighted by atomic mass is 9.86. The molecular formula is C17H20BrNO. The summed E-state index contributed by atoms with van der Waals surface area (Å²) in [6.45, 7) is 0.631. The van der Waals surface area contributed by atoms with Gasteiger partial charge in [0.25, 0.3) is 0 Å². The van der Waals surface area contributed by atoms with Crippen LogP contribution in [0.1, 0.15) is 17.0 Å². The minimum Gasteiger partial charge on any atom is -0.391 e. The highest BCUT2D eigenvalue weighted by Crippen LogP contribution is 2.30. The molecule has 0 saturated carbocycles. The van der Waals surface area contributed by atoms with E-state index in [2.05, 4.69) is 40.2 Å². The van der Waals surface area contributed by atoms with Crippen LogP contribution in [0.15, 0.2) is 59.1 Å². The first kappa shape index (κ1) is 15.2. The Morgan fingerprint density at radius 1 is 1.00 bits per heavy atom. The van der Waals surface area contributed by atoms with Gasteiger partial charge in [-0.15, -0.1) is 0 Å². The van der Waals surface area contributed by atoms with Crippen LogP contribution < -0.4 is 0 Å². The Hall–Kier alpha value is -1.16. The molecule has 0 aromatic heterocycles. The third-order valence-corrected chi connectivity index (χ3v) is 3.80. The van der Waals surface area contributed by atoms with Crippen molar-refractivity contribution in [1.29, 1.82) is 0 Å². The van der Waals surface area contributed by atoms with Gasteiger partial charge in [-0.2, -0.15) is 0 Å². The van der Waals surface area contributed by atoms with Gasteiger partial charge >= 0.3 is 0 Å². The molecule has 0 aliphatic rings. The SMILES string of the molecule is CN(C)CC(O)C(c1ccccc1)c1cccc(Br)c1. The van der Waals surface area contributed by atoms with E-state index in [-0.39, 0.29) is 5.92 Å². The Balaban J connectivity index is 2.39. The molecule has 0 fully saturated rings. The monoisotopic (exact) mass is 333 g/mol. The fourth-order valence-electron chi connectivity index (χ4n) is 2.48. The molecule has 2 unspecified atom stereocenters. The summed E-state index contributed by atoms with van der Waals surface area (Å²) in [5, 5.41) is 10.6. The number of hydrogen-bond donors (Lipinski definition) is 1. The summed E-state index contributed by atoms with van der Waals surface area (Å²) >= 11 is 3.51. The van der Waals surface area contributed by atoms with Gasteiger partial charge in [0.05, 0.1) is 6.10 Å². The van der Waals surface area contributed by atoms with Gasteiger partial charge in [-0.3, -0.25) is 0 Å². The smallest absolute Gasteiger partial charge is 0.0775 e. The quantitative estimate of drug-likeness (QED) is 0.905. The van der Waals surface area contributed by atoms with Crippen LogP contribution in [0.3, 0.4) is 0 Å². The number of nitrogens with zero attached hydrogens (tertiary/aromatic N) is 1. The maximum atomic E-state index is 10.6. The highest BCUT2D eigenvalue weighted by molar-refractivity contribution is 9.10. The standard InChI is InChI=1S/C17H20BrNO/c1-19(2)12-16(20)17(13-7-4-3-5-8-13)14-9-6-10-15(18)11-14/h3-11,16-17,20H,12H2,1-2H3. The second-order valence-corrected chi connectivity index (χ2v) is 6.19. The van der Waals surface area contributed by atoms with Crippen LogP contribution in [0.2, 0.25) is 0 Å². The Bertz CT molecular complexity index is 542. The van der Waals surface area contributed by atoms with Gasteiger partial charge < -0.3 is 10.0 Å². The number of aliphatic hydroxyl groups excluding tert-OH is 1. The maximum absolute atomic E-state index is 10.6. The van der Waals surface area contributed by atoms with Gasteiger partial charge in [0.2, 0.25) is 0 Å². The van der Waals surface area contributed by atoms with Gasteiger partial charge in [0, 0.05) is 16.9 Å². The summed E-state index contributed by atoms with van der Waals surface area (Å²) in [6, 6.07) is 18.3. The van der Waals surface area contributed by atoms with Crippen LogP contribution in [0, 0.1) is 0 Å². The van der Waals surface area contributed by atoms with Crippen LogP contribution in [0.25, 0.3) is 0 Å². The zero-order valence-corrected chi connectivity index (χ0v) is 13.4. The second kappa shape index (κ2) is 7.02. The van der Waals surface area contributed by atoms with Crippen molar-refractivity contribution in [1.82, 2.24) is 4.90 Å². The Labute approximate surface area is 129 Å². The highest BCUT2D eigenvalue weighted by atomic mass is 79.9. The van der Waals surface area contributed by atoms with Crippen molar-refractivity contribution >= 4 is 15.9 Å². The van der Waals surface area contributed by atoms with E-state index in [1.165, 1.54) is 0 Å². The highest BCUT2D eigenvalue weighted by Gasteiger charge is 2.23.